The van der Waals surface area contributed by atoms with Gasteiger partial charge in [0.05, 0.1) is 12.2 Å². The number of carboxylic acid groups (broad SMARTS) is 1. The van der Waals surface area contributed by atoms with Crippen LogP contribution in [-0.2, 0) is 0 Å². The first-order chi connectivity index (χ1) is 19.8. The normalized spacial score (nSPS) is 22.7. The molecule has 2 saturated heterocycles. The lowest BCUT2D eigenvalue weighted by Crippen LogP contribution is -2.47. The van der Waals surface area contributed by atoms with E-state index in [1.807, 2.05) is 18.2 Å². The fraction of sp³-hybridized carbons (Fsp3) is 0.467. The molecule has 2 aromatic carbocycles. The number of anilines is 2. The van der Waals surface area contributed by atoms with Crippen LogP contribution in [0.5, 0.6) is 0 Å². The van der Waals surface area contributed by atoms with Crippen LogP contribution < -0.4 is 9.80 Å². The number of hydrogen-bond donors (Lipinski definition) is 1. The van der Waals surface area contributed by atoms with Crippen molar-refractivity contribution in [1.82, 2.24) is 14.7 Å². The Morgan fingerprint density at radius 1 is 1.05 bits per heavy atom. The minimum atomic E-state index is -2.94. The minimum absolute atomic E-state index is 0. The summed E-state index contributed by atoms with van der Waals surface area (Å²) in [6, 6.07) is 13.7. The number of carbonyl (C=O) groups is 1. The van der Waals surface area contributed by atoms with Gasteiger partial charge in [0.15, 0.2) is 0 Å². The van der Waals surface area contributed by atoms with Crippen LogP contribution in [0, 0.1) is 5.92 Å². The molecule has 3 heterocycles. The van der Waals surface area contributed by atoms with Crippen LogP contribution in [0.25, 0.3) is 11.1 Å². The number of hydrogen-bond acceptors (Lipinski definition) is 5. The summed E-state index contributed by atoms with van der Waals surface area (Å²) >= 11 is 6.42. The van der Waals surface area contributed by atoms with Gasteiger partial charge >= 0.3 is 5.97 Å². The van der Waals surface area contributed by atoms with Gasteiger partial charge in [-0.15, -0.1) is 12.4 Å². The Morgan fingerprint density at radius 3 is 2.40 bits per heavy atom. The van der Waals surface area contributed by atoms with Gasteiger partial charge in [-0.05, 0) is 49.1 Å². The second-order valence-electron chi connectivity index (χ2n) is 11.2. The van der Waals surface area contributed by atoms with E-state index in [0.29, 0.717) is 31.0 Å². The molecule has 3 aromatic rings. The Kier molecular flexibility index (Phi) is 9.25. The molecule has 0 amide bonds. The average Bonchev–Trinajstić information content (AvgIpc) is 3.47. The lowest BCUT2D eigenvalue weighted by atomic mass is 9.99. The van der Waals surface area contributed by atoms with Crippen molar-refractivity contribution in [2.45, 2.75) is 37.9 Å². The standard InChI is InChI=1S/C30H33ClF3N5O2.ClH/c31-21-5-8-24(19-3-6-22(7-4-19)37-12-10-36(11-13-37)17-20-14-26(20)32)27(15-21)38-9-1-2-23(18-38)39-28(29(33)34)25(16-35-39)30(40)41;/h3-8,15-16,20,23,26,29H,1-2,9-14,17-18H2,(H,40,41);1H/t20-,23?,26-;/m1./s1. The number of rotatable bonds is 8. The predicted octanol–water partition coefficient (Wildman–Crippen LogP) is 6.58. The largest absolute Gasteiger partial charge is 0.478 e. The molecular weight excluding hydrogens is 590 g/mol. The van der Waals surface area contributed by atoms with Gasteiger partial charge in [-0.25, -0.2) is 18.0 Å². The van der Waals surface area contributed by atoms with Crippen LogP contribution >= 0.6 is 24.0 Å². The highest BCUT2D eigenvalue weighted by Gasteiger charge is 2.39. The summed E-state index contributed by atoms with van der Waals surface area (Å²) in [5.41, 5.74) is 3.04. The Bertz CT molecular complexity index is 1400. The van der Waals surface area contributed by atoms with Crippen LogP contribution in [0.4, 0.5) is 24.5 Å². The monoisotopic (exact) mass is 623 g/mol. The van der Waals surface area contributed by atoms with Crippen molar-refractivity contribution in [2.24, 2.45) is 5.92 Å². The van der Waals surface area contributed by atoms with Gasteiger partial charge in [-0.1, -0.05) is 29.8 Å². The summed E-state index contributed by atoms with van der Waals surface area (Å²) in [6.07, 6.45) is -0.481. The summed E-state index contributed by atoms with van der Waals surface area (Å²) in [7, 11) is 0. The van der Waals surface area contributed by atoms with E-state index in [0.717, 1.165) is 67.8 Å². The third-order valence-electron chi connectivity index (χ3n) is 8.56. The Morgan fingerprint density at radius 2 is 1.76 bits per heavy atom. The first-order valence-electron chi connectivity index (χ1n) is 14.1. The second-order valence-corrected chi connectivity index (χ2v) is 11.7. The summed E-state index contributed by atoms with van der Waals surface area (Å²) in [6.45, 7) is 5.65. The van der Waals surface area contributed by atoms with E-state index in [1.165, 1.54) is 4.68 Å². The van der Waals surface area contributed by atoms with Crippen molar-refractivity contribution < 1.29 is 23.1 Å². The third kappa shape index (κ3) is 6.35. The summed E-state index contributed by atoms with van der Waals surface area (Å²) in [5, 5.41) is 14.0. The van der Waals surface area contributed by atoms with Crippen molar-refractivity contribution in [1.29, 1.82) is 0 Å². The molecule has 1 aromatic heterocycles. The van der Waals surface area contributed by atoms with Crippen molar-refractivity contribution >= 4 is 41.4 Å². The number of piperidine rings is 1. The zero-order chi connectivity index (χ0) is 28.7. The van der Waals surface area contributed by atoms with E-state index in [1.54, 1.807) is 0 Å². The van der Waals surface area contributed by atoms with Crippen molar-refractivity contribution in [3.63, 3.8) is 0 Å². The van der Waals surface area contributed by atoms with Gasteiger partial charge in [-0.2, -0.15) is 5.10 Å². The number of alkyl halides is 3. The molecule has 226 valence electrons. The van der Waals surface area contributed by atoms with Gasteiger partial charge in [0, 0.05) is 73.7 Å². The molecule has 1 N–H and O–H groups in total. The second kappa shape index (κ2) is 12.7. The highest BCUT2D eigenvalue weighted by Crippen LogP contribution is 2.38. The van der Waals surface area contributed by atoms with E-state index in [4.69, 9.17) is 11.6 Å². The van der Waals surface area contributed by atoms with E-state index in [2.05, 4.69) is 44.1 Å². The number of aromatic carboxylic acids is 1. The molecule has 0 spiro atoms. The molecule has 1 saturated carbocycles. The Hall–Kier alpha value is -2.95. The van der Waals surface area contributed by atoms with Gasteiger partial charge in [0.1, 0.15) is 17.4 Å². The quantitative estimate of drug-likeness (QED) is 0.306. The van der Waals surface area contributed by atoms with Crippen LogP contribution in [-0.4, -0.2) is 77.7 Å². The number of aromatic nitrogens is 2. The third-order valence-corrected chi connectivity index (χ3v) is 8.79. The topological polar surface area (TPSA) is 64.8 Å². The van der Waals surface area contributed by atoms with Crippen LogP contribution in [0.2, 0.25) is 5.02 Å². The molecule has 3 fully saturated rings. The molecular formula is C30H34Cl2F3N5O2. The predicted molar refractivity (Wildman–Crippen MR) is 160 cm³/mol. The summed E-state index contributed by atoms with van der Waals surface area (Å²) in [4.78, 5) is 18.3. The average molecular weight is 625 g/mol. The van der Waals surface area contributed by atoms with Gasteiger partial charge in [-0.3, -0.25) is 9.58 Å². The molecule has 6 rings (SSSR count). The zero-order valence-corrected chi connectivity index (χ0v) is 24.6. The molecule has 0 radical (unpaired) electrons. The lowest BCUT2D eigenvalue weighted by Gasteiger charge is -2.37. The molecule has 3 aliphatic rings. The maximum absolute atomic E-state index is 13.9. The lowest BCUT2D eigenvalue weighted by molar-refractivity contribution is 0.0681. The first-order valence-corrected chi connectivity index (χ1v) is 14.5. The van der Waals surface area contributed by atoms with Gasteiger partial charge < -0.3 is 14.9 Å². The first kappa shape index (κ1) is 30.5. The Balaban J connectivity index is 0.00000353. The summed E-state index contributed by atoms with van der Waals surface area (Å²) < 4.78 is 42.2. The van der Waals surface area contributed by atoms with E-state index in [-0.39, 0.29) is 18.3 Å². The molecule has 0 bridgehead atoms. The molecule has 7 nitrogen and oxygen atoms in total. The van der Waals surface area contributed by atoms with Gasteiger partial charge in [0.25, 0.3) is 6.43 Å². The highest BCUT2D eigenvalue weighted by atomic mass is 35.5. The van der Waals surface area contributed by atoms with Crippen molar-refractivity contribution in [3.8, 4) is 11.1 Å². The molecule has 42 heavy (non-hydrogen) atoms. The molecule has 3 atom stereocenters. The molecule has 2 aliphatic heterocycles. The van der Waals surface area contributed by atoms with Crippen molar-refractivity contribution in [2.75, 3.05) is 55.6 Å². The minimum Gasteiger partial charge on any atom is -0.478 e. The number of piperazine rings is 1. The number of halogens is 5. The van der Waals surface area contributed by atoms with Gasteiger partial charge in [0.2, 0.25) is 0 Å². The SMILES string of the molecule is Cl.O=C(O)c1cnn(C2CCCN(c3cc(Cl)ccc3-c3ccc(N4CCN(C[C@H]5C[C@H]5F)CC4)cc3)C2)c1C(F)F. The molecule has 12 heteroatoms. The molecule has 1 aliphatic carbocycles. The maximum atomic E-state index is 13.9. The smallest absolute Gasteiger partial charge is 0.339 e. The van der Waals surface area contributed by atoms with E-state index < -0.39 is 35.9 Å². The number of carboxylic acids is 1. The van der Waals surface area contributed by atoms with Crippen molar-refractivity contribution in [3.05, 3.63) is 64.9 Å². The van der Waals surface area contributed by atoms with E-state index in [9.17, 15) is 23.1 Å². The Labute approximate surface area is 254 Å². The summed E-state index contributed by atoms with van der Waals surface area (Å²) in [5.74, 6) is -1.19. The highest BCUT2D eigenvalue weighted by molar-refractivity contribution is 6.31. The maximum Gasteiger partial charge on any atom is 0.339 e. The fourth-order valence-corrected chi connectivity index (χ4v) is 6.37. The van der Waals surface area contributed by atoms with Crippen LogP contribution in [0.15, 0.2) is 48.7 Å². The fourth-order valence-electron chi connectivity index (χ4n) is 6.20. The van der Waals surface area contributed by atoms with Crippen LogP contribution in [0.1, 0.15) is 47.8 Å². The zero-order valence-electron chi connectivity index (χ0n) is 23.0. The van der Waals surface area contributed by atoms with Crippen LogP contribution in [0.3, 0.4) is 0 Å². The van der Waals surface area contributed by atoms with E-state index >= 15 is 0 Å². The number of nitrogens with zero attached hydrogens (tertiary/aromatic N) is 5. The number of benzene rings is 2. The molecule has 1 unspecified atom stereocenters.